The summed E-state index contributed by atoms with van der Waals surface area (Å²) in [7, 11) is 1.73. The van der Waals surface area contributed by atoms with E-state index >= 15 is 0 Å². The Balaban J connectivity index is 2.07. The molecule has 0 N–H and O–H groups in total. The predicted molar refractivity (Wildman–Crippen MR) is 74.0 cm³/mol. The third-order valence-corrected chi connectivity index (χ3v) is 3.77. The zero-order chi connectivity index (χ0) is 12.8. The molecule has 1 aromatic carbocycles. The van der Waals surface area contributed by atoms with Crippen LogP contribution in [0.1, 0.15) is 57.1 Å². The first-order valence-corrected chi connectivity index (χ1v) is 7.13. The maximum Gasteiger partial charge on any atom is 0.124 e. The first kappa shape index (κ1) is 13.4. The largest absolute Gasteiger partial charge is 0.496 e. The fourth-order valence-corrected chi connectivity index (χ4v) is 2.76. The van der Waals surface area contributed by atoms with Gasteiger partial charge in [0.05, 0.1) is 19.3 Å². The minimum Gasteiger partial charge on any atom is -0.496 e. The van der Waals surface area contributed by atoms with Gasteiger partial charge in [-0.05, 0) is 25.3 Å². The van der Waals surface area contributed by atoms with Gasteiger partial charge in [-0.25, -0.2) is 0 Å². The predicted octanol–water partition coefficient (Wildman–Crippen LogP) is 4.50. The highest BCUT2D eigenvalue weighted by atomic mass is 16.5. The maximum atomic E-state index is 6.29. The Morgan fingerprint density at radius 3 is 2.56 bits per heavy atom. The molecule has 0 unspecified atom stereocenters. The number of ether oxygens (including phenoxy) is 2. The number of para-hydroxylation sites is 1. The van der Waals surface area contributed by atoms with Crippen LogP contribution in [0.4, 0.5) is 0 Å². The van der Waals surface area contributed by atoms with Crippen molar-refractivity contribution >= 4 is 0 Å². The van der Waals surface area contributed by atoms with Crippen LogP contribution in [0, 0.1) is 0 Å². The molecule has 1 fully saturated rings. The van der Waals surface area contributed by atoms with Gasteiger partial charge >= 0.3 is 0 Å². The molecule has 100 valence electrons. The average Bonchev–Trinajstić information content (AvgIpc) is 2.46. The standard InChI is InChI=1S/C16H24O2/c1-3-15(18-13-9-5-4-6-10-13)14-11-7-8-12-16(14)17-2/h7-8,11-13,15H,3-6,9-10H2,1-2H3/t15-/m0/s1. The second kappa shape index (κ2) is 6.79. The zero-order valence-corrected chi connectivity index (χ0v) is 11.5. The molecule has 1 aromatic rings. The molecule has 0 radical (unpaired) electrons. The van der Waals surface area contributed by atoms with Gasteiger partial charge < -0.3 is 9.47 Å². The van der Waals surface area contributed by atoms with E-state index in [9.17, 15) is 0 Å². The van der Waals surface area contributed by atoms with Gasteiger partial charge in [-0.2, -0.15) is 0 Å². The molecular formula is C16H24O2. The summed E-state index contributed by atoms with van der Waals surface area (Å²) < 4.78 is 11.7. The summed E-state index contributed by atoms with van der Waals surface area (Å²) in [5, 5.41) is 0. The third-order valence-electron chi connectivity index (χ3n) is 3.77. The number of hydrogen-bond acceptors (Lipinski definition) is 2. The Morgan fingerprint density at radius 2 is 1.89 bits per heavy atom. The molecule has 0 spiro atoms. The Morgan fingerprint density at radius 1 is 1.17 bits per heavy atom. The summed E-state index contributed by atoms with van der Waals surface area (Å²) in [6.07, 6.45) is 8.03. The fourth-order valence-electron chi connectivity index (χ4n) is 2.76. The minimum atomic E-state index is 0.171. The third kappa shape index (κ3) is 3.26. The van der Waals surface area contributed by atoms with Crippen LogP contribution in [0.5, 0.6) is 5.75 Å². The molecule has 2 heteroatoms. The van der Waals surface area contributed by atoms with Crippen LogP contribution < -0.4 is 4.74 Å². The van der Waals surface area contributed by atoms with E-state index in [1.807, 2.05) is 12.1 Å². The topological polar surface area (TPSA) is 18.5 Å². The second-order valence-corrected chi connectivity index (χ2v) is 5.03. The molecule has 0 saturated heterocycles. The molecule has 2 nitrogen and oxygen atoms in total. The quantitative estimate of drug-likeness (QED) is 0.764. The van der Waals surface area contributed by atoms with Crippen molar-refractivity contribution in [3.63, 3.8) is 0 Å². The second-order valence-electron chi connectivity index (χ2n) is 5.03. The van der Waals surface area contributed by atoms with E-state index < -0.39 is 0 Å². The van der Waals surface area contributed by atoms with Gasteiger partial charge in [-0.3, -0.25) is 0 Å². The summed E-state index contributed by atoms with van der Waals surface area (Å²) in [6, 6.07) is 8.21. The fraction of sp³-hybridized carbons (Fsp3) is 0.625. The molecular weight excluding hydrogens is 224 g/mol. The lowest BCUT2D eigenvalue weighted by Crippen LogP contribution is -2.19. The Kier molecular flexibility index (Phi) is 5.06. The van der Waals surface area contributed by atoms with E-state index in [-0.39, 0.29) is 6.10 Å². The van der Waals surface area contributed by atoms with E-state index in [1.165, 1.54) is 37.7 Å². The molecule has 1 aliphatic rings. The molecule has 1 aliphatic carbocycles. The van der Waals surface area contributed by atoms with Crippen LogP contribution in [0.15, 0.2) is 24.3 Å². The van der Waals surface area contributed by atoms with Crippen molar-refractivity contribution in [2.24, 2.45) is 0 Å². The molecule has 1 atom stereocenters. The lowest BCUT2D eigenvalue weighted by atomic mass is 9.97. The summed E-state index contributed by atoms with van der Waals surface area (Å²) in [5.74, 6) is 0.945. The number of methoxy groups -OCH3 is 1. The monoisotopic (exact) mass is 248 g/mol. The van der Waals surface area contributed by atoms with Gasteiger partial charge in [-0.15, -0.1) is 0 Å². The van der Waals surface area contributed by atoms with Crippen LogP contribution in [0.2, 0.25) is 0 Å². The molecule has 0 aliphatic heterocycles. The van der Waals surface area contributed by atoms with Gasteiger partial charge in [0.2, 0.25) is 0 Å². The summed E-state index contributed by atoms with van der Waals surface area (Å²) in [6.45, 7) is 2.18. The van der Waals surface area contributed by atoms with Gasteiger partial charge in [-0.1, -0.05) is 44.4 Å². The first-order chi connectivity index (χ1) is 8.85. The average molecular weight is 248 g/mol. The van der Waals surface area contributed by atoms with Gasteiger partial charge in [0.15, 0.2) is 0 Å². The normalized spacial score (nSPS) is 18.6. The highest BCUT2D eigenvalue weighted by Gasteiger charge is 2.21. The van der Waals surface area contributed by atoms with Crippen molar-refractivity contribution in [2.75, 3.05) is 7.11 Å². The number of rotatable bonds is 5. The first-order valence-electron chi connectivity index (χ1n) is 7.13. The van der Waals surface area contributed by atoms with Crippen molar-refractivity contribution in [1.29, 1.82) is 0 Å². The maximum absolute atomic E-state index is 6.29. The van der Waals surface area contributed by atoms with Crippen molar-refractivity contribution in [3.8, 4) is 5.75 Å². The van der Waals surface area contributed by atoms with Gasteiger partial charge in [0.1, 0.15) is 5.75 Å². The zero-order valence-electron chi connectivity index (χ0n) is 11.5. The Bertz CT molecular complexity index is 356. The lowest BCUT2D eigenvalue weighted by Gasteiger charge is -2.28. The highest BCUT2D eigenvalue weighted by Crippen LogP contribution is 2.33. The smallest absolute Gasteiger partial charge is 0.124 e. The van der Waals surface area contributed by atoms with Crippen LogP contribution in [0.3, 0.4) is 0 Å². The summed E-state index contributed by atoms with van der Waals surface area (Å²) in [4.78, 5) is 0. The summed E-state index contributed by atoms with van der Waals surface area (Å²) in [5.41, 5.74) is 1.19. The van der Waals surface area contributed by atoms with Crippen molar-refractivity contribution in [1.82, 2.24) is 0 Å². The van der Waals surface area contributed by atoms with Gasteiger partial charge in [0, 0.05) is 5.56 Å². The summed E-state index contributed by atoms with van der Waals surface area (Å²) >= 11 is 0. The van der Waals surface area contributed by atoms with Crippen molar-refractivity contribution < 1.29 is 9.47 Å². The Hall–Kier alpha value is -1.02. The van der Waals surface area contributed by atoms with E-state index in [1.54, 1.807) is 7.11 Å². The number of hydrogen-bond donors (Lipinski definition) is 0. The molecule has 0 bridgehead atoms. The van der Waals surface area contributed by atoms with Crippen molar-refractivity contribution in [3.05, 3.63) is 29.8 Å². The molecule has 0 heterocycles. The van der Waals surface area contributed by atoms with Crippen LogP contribution >= 0.6 is 0 Å². The lowest BCUT2D eigenvalue weighted by molar-refractivity contribution is -0.0339. The van der Waals surface area contributed by atoms with E-state index in [0.29, 0.717) is 6.10 Å². The van der Waals surface area contributed by atoms with Crippen molar-refractivity contribution in [2.45, 2.75) is 57.7 Å². The molecule has 2 rings (SSSR count). The van der Waals surface area contributed by atoms with E-state index in [2.05, 4.69) is 19.1 Å². The molecule has 18 heavy (non-hydrogen) atoms. The molecule has 0 aromatic heterocycles. The SMILES string of the molecule is CC[C@H](OC1CCCCC1)c1ccccc1OC. The number of benzene rings is 1. The van der Waals surface area contributed by atoms with Crippen LogP contribution in [0.25, 0.3) is 0 Å². The highest BCUT2D eigenvalue weighted by molar-refractivity contribution is 5.35. The van der Waals surface area contributed by atoms with Crippen LogP contribution in [-0.4, -0.2) is 13.2 Å². The molecule has 1 saturated carbocycles. The Labute approximate surface area is 110 Å². The van der Waals surface area contributed by atoms with Crippen LogP contribution in [-0.2, 0) is 4.74 Å². The van der Waals surface area contributed by atoms with Gasteiger partial charge in [0.25, 0.3) is 0 Å². The minimum absolute atomic E-state index is 0.171. The molecule has 0 amide bonds. The van der Waals surface area contributed by atoms with E-state index in [0.717, 1.165) is 12.2 Å². The van der Waals surface area contributed by atoms with E-state index in [4.69, 9.17) is 9.47 Å².